The number of nitrogens with one attached hydrogen (secondary N) is 2. The summed E-state index contributed by atoms with van der Waals surface area (Å²) < 4.78 is 14.6. The molecule has 4 heterocycles. The number of unbranched alkanes of at least 4 members (excludes halogenated alkanes) is 4. The van der Waals surface area contributed by atoms with E-state index in [1.54, 1.807) is 30.3 Å². The number of imide groups is 2. The zero-order valence-corrected chi connectivity index (χ0v) is 34.0. The molecule has 0 aromatic heterocycles. The number of carbonyl (C=O) groups is 5. The Morgan fingerprint density at radius 3 is 2.31 bits per heavy atom. The Hall–Kier alpha value is -5.14. The lowest BCUT2D eigenvalue weighted by Crippen LogP contribution is -2.54. The van der Waals surface area contributed by atoms with Crippen LogP contribution in [-0.2, 0) is 20.9 Å². The van der Waals surface area contributed by atoms with Gasteiger partial charge in [-0.3, -0.25) is 39.1 Å². The fourth-order valence-electron chi connectivity index (χ4n) is 8.99. The van der Waals surface area contributed by atoms with Gasteiger partial charge in [0.15, 0.2) is 0 Å². The van der Waals surface area contributed by atoms with Gasteiger partial charge in [0, 0.05) is 94.1 Å². The Bertz CT molecular complexity index is 1990. The standard InChI is InChI=1S/C45H56FN7O5/c1-30-10-9-11-38(46)36(30)27-50-28-37(40(29-50)49(2)3)31-13-16-33(17-14-31)51-22-24-52(25-23-51)42(55)12-7-5-4-6-8-21-47-32-15-18-34-35(26-32)45(58)53(44(34)57)39-19-20-41(54)48-43(39)56/h9-11,13-18,26,37,39-40,47H,4-8,12,19-25,27-29H2,1-3H3,(H,48,54,56)/t37-,39?,40+/m1/s1. The van der Waals surface area contributed by atoms with Crippen molar-refractivity contribution < 1.29 is 28.4 Å². The van der Waals surface area contributed by atoms with Crippen molar-refractivity contribution in [2.24, 2.45) is 0 Å². The van der Waals surface area contributed by atoms with Crippen molar-refractivity contribution in [3.05, 3.63) is 94.3 Å². The summed E-state index contributed by atoms with van der Waals surface area (Å²) in [7, 11) is 4.26. The van der Waals surface area contributed by atoms with Gasteiger partial charge in [-0.15, -0.1) is 0 Å². The van der Waals surface area contributed by atoms with E-state index in [-0.39, 0.29) is 35.7 Å². The normalized spacial score (nSPS) is 21.3. The van der Waals surface area contributed by atoms with Crippen molar-refractivity contribution in [2.45, 2.75) is 82.8 Å². The molecule has 5 amide bonds. The molecule has 0 spiro atoms. The molecule has 3 aromatic rings. The smallest absolute Gasteiger partial charge is 0.262 e. The largest absolute Gasteiger partial charge is 0.385 e. The third-order valence-electron chi connectivity index (χ3n) is 12.4. The minimum Gasteiger partial charge on any atom is -0.385 e. The number of benzene rings is 3. The Kier molecular flexibility index (Phi) is 12.9. The van der Waals surface area contributed by atoms with Gasteiger partial charge in [-0.05, 0) is 87.8 Å². The van der Waals surface area contributed by atoms with Gasteiger partial charge in [-0.2, -0.15) is 0 Å². The summed E-state index contributed by atoms with van der Waals surface area (Å²) in [4.78, 5) is 72.9. The van der Waals surface area contributed by atoms with Crippen LogP contribution in [-0.4, -0.2) is 121 Å². The number of nitrogens with zero attached hydrogens (tertiary/aromatic N) is 5. The summed E-state index contributed by atoms with van der Waals surface area (Å²) in [5.41, 5.74) is 5.53. The van der Waals surface area contributed by atoms with E-state index in [0.29, 0.717) is 31.5 Å². The molecule has 3 aromatic carbocycles. The first-order valence-corrected chi connectivity index (χ1v) is 20.8. The SMILES string of the molecule is Cc1cccc(F)c1CN1C[C@H](c2ccc(N3CCN(C(=O)CCCCCCCNc4ccc5c(c4)C(=O)N(C4CCC(=O)NC4=O)C5=O)CC3)cc2)[C@@H](N(C)C)C1. The average Bonchev–Trinajstić information content (AvgIpc) is 3.75. The van der Waals surface area contributed by atoms with Crippen molar-refractivity contribution in [3.8, 4) is 0 Å². The zero-order chi connectivity index (χ0) is 40.9. The van der Waals surface area contributed by atoms with Gasteiger partial charge in [0.25, 0.3) is 11.8 Å². The molecule has 12 nitrogen and oxygen atoms in total. The van der Waals surface area contributed by atoms with E-state index in [1.165, 1.54) is 11.3 Å². The summed E-state index contributed by atoms with van der Waals surface area (Å²) >= 11 is 0. The van der Waals surface area contributed by atoms with Gasteiger partial charge >= 0.3 is 0 Å². The second kappa shape index (κ2) is 18.2. The Labute approximate surface area is 340 Å². The number of amides is 5. The maximum atomic E-state index is 14.6. The van der Waals surface area contributed by atoms with E-state index in [4.69, 9.17) is 0 Å². The molecule has 308 valence electrons. The second-order valence-corrected chi connectivity index (χ2v) is 16.5. The molecule has 0 radical (unpaired) electrons. The monoisotopic (exact) mass is 793 g/mol. The van der Waals surface area contributed by atoms with Crippen LogP contribution in [0.4, 0.5) is 15.8 Å². The first-order chi connectivity index (χ1) is 28.0. The van der Waals surface area contributed by atoms with Crippen molar-refractivity contribution >= 4 is 40.9 Å². The number of carbonyl (C=O) groups excluding carboxylic acids is 5. The molecule has 3 saturated heterocycles. The Balaban J connectivity index is 0.782. The third-order valence-corrected chi connectivity index (χ3v) is 12.4. The highest BCUT2D eigenvalue weighted by molar-refractivity contribution is 6.23. The van der Waals surface area contributed by atoms with Crippen LogP contribution < -0.4 is 15.5 Å². The second-order valence-electron chi connectivity index (χ2n) is 16.5. The quantitative estimate of drug-likeness (QED) is 0.159. The van der Waals surface area contributed by atoms with Gasteiger partial charge in [0.1, 0.15) is 11.9 Å². The van der Waals surface area contributed by atoms with Crippen LogP contribution in [0.5, 0.6) is 0 Å². The number of aryl methyl sites for hydroxylation is 1. The van der Waals surface area contributed by atoms with Gasteiger partial charge in [-0.1, -0.05) is 43.5 Å². The minimum atomic E-state index is -0.977. The number of likely N-dealkylation sites (N-methyl/N-ethyl adjacent to an activating group) is 1. The molecule has 58 heavy (non-hydrogen) atoms. The molecule has 3 atom stereocenters. The van der Waals surface area contributed by atoms with Crippen LogP contribution in [0.25, 0.3) is 0 Å². The predicted molar refractivity (Wildman–Crippen MR) is 221 cm³/mol. The highest BCUT2D eigenvalue weighted by Gasteiger charge is 2.44. The molecule has 3 fully saturated rings. The molecule has 13 heteroatoms. The fraction of sp³-hybridized carbons (Fsp3) is 0.489. The molecular formula is C45H56FN7O5. The molecule has 1 unspecified atom stereocenters. The topological polar surface area (TPSA) is 126 Å². The van der Waals surface area contributed by atoms with Gasteiger partial charge in [-0.25, -0.2) is 4.39 Å². The lowest BCUT2D eigenvalue weighted by atomic mass is 9.93. The van der Waals surface area contributed by atoms with Crippen molar-refractivity contribution in [1.82, 2.24) is 24.9 Å². The summed E-state index contributed by atoms with van der Waals surface area (Å²) in [6.45, 7) is 8.15. The molecule has 0 aliphatic carbocycles. The highest BCUT2D eigenvalue weighted by Crippen LogP contribution is 2.34. The van der Waals surface area contributed by atoms with E-state index in [0.717, 1.165) is 93.1 Å². The molecule has 2 N–H and O–H groups in total. The van der Waals surface area contributed by atoms with Crippen LogP contribution in [0, 0.1) is 12.7 Å². The van der Waals surface area contributed by atoms with Gasteiger partial charge in [0.05, 0.1) is 11.1 Å². The number of fused-ring (bicyclic) bond motifs is 1. The average molecular weight is 794 g/mol. The van der Waals surface area contributed by atoms with Crippen LogP contribution in [0.3, 0.4) is 0 Å². The molecule has 4 aliphatic rings. The maximum absolute atomic E-state index is 14.6. The molecule has 0 bridgehead atoms. The molecular weight excluding hydrogens is 738 g/mol. The summed E-state index contributed by atoms with van der Waals surface area (Å²) in [5, 5.41) is 5.55. The Morgan fingerprint density at radius 2 is 1.59 bits per heavy atom. The summed E-state index contributed by atoms with van der Waals surface area (Å²) in [6, 6.07) is 18.7. The highest BCUT2D eigenvalue weighted by atomic mass is 19.1. The molecule has 4 aliphatic heterocycles. The van der Waals surface area contributed by atoms with Gasteiger partial charge in [0.2, 0.25) is 17.7 Å². The minimum absolute atomic E-state index is 0.0864. The van der Waals surface area contributed by atoms with E-state index in [9.17, 15) is 28.4 Å². The van der Waals surface area contributed by atoms with Crippen LogP contribution >= 0.6 is 0 Å². The lowest BCUT2D eigenvalue weighted by molar-refractivity contribution is -0.136. The number of hydrogen-bond acceptors (Lipinski definition) is 9. The fourth-order valence-corrected chi connectivity index (χ4v) is 8.99. The Morgan fingerprint density at radius 1 is 0.862 bits per heavy atom. The van der Waals surface area contributed by atoms with E-state index in [2.05, 4.69) is 63.7 Å². The zero-order valence-electron chi connectivity index (χ0n) is 34.0. The van der Waals surface area contributed by atoms with Crippen LogP contribution in [0.2, 0.25) is 0 Å². The lowest BCUT2D eigenvalue weighted by Gasteiger charge is -2.36. The van der Waals surface area contributed by atoms with Crippen LogP contribution in [0.15, 0.2) is 60.7 Å². The number of likely N-dealkylation sites (tertiary alicyclic amines) is 1. The van der Waals surface area contributed by atoms with Crippen molar-refractivity contribution in [3.63, 3.8) is 0 Å². The van der Waals surface area contributed by atoms with E-state index in [1.807, 2.05) is 17.9 Å². The number of rotatable bonds is 15. The first-order valence-electron chi connectivity index (χ1n) is 20.8. The van der Waals surface area contributed by atoms with E-state index >= 15 is 0 Å². The number of anilines is 2. The van der Waals surface area contributed by atoms with Crippen molar-refractivity contribution in [2.75, 3.05) is 70.1 Å². The van der Waals surface area contributed by atoms with Crippen molar-refractivity contribution in [1.29, 1.82) is 0 Å². The first kappa shape index (κ1) is 41.0. The van der Waals surface area contributed by atoms with Gasteiger partial charge < -0.3 is 20.0 Å². The number of hydrogen-bond donors (Lipinski definition) is 2. The number of halogens is 1. The number of piperazine rings is 1. The third kappa shape index (κ3) is 9.10. The predicted octanol–water partition coefficient (Wildman–Crippen LogP) is 5.17. The molecule has 0 saturated carbocycles. The summed E-state index contributed by atoms with van der Waals surface area (Å²) in [5.74, 6) is -1.61. The van der Waals surface area contributed by atoms with Crippen LogP contribution in [0.1, 0.15) is 94.7 Å². The number of piperidine rings is 1. The molecule has 7 rings (SSSR count). The maximum Gasteiger partial charge on any atom is 0.262 e. The van der Waals surface area contributed by atoms with E-state index < -0.39 is 29.7 Å². The summed E-state index contributed by atoms with van der Waals surface area (Å²) in [6.07, 6.45) is 5.58.